The molecule has 1 atom stereocenters. The average Bonchev–Trinajstić information content (AvgIpc) is 3.32. The van der Waals surface area contributed by atoms with Crippen molar-refractivity contribution in [3.8, 4) is 0 Å². The molecule has 3 rings (SSSR count). The van der Waals surface area contributed by atoms with Gasteiger partial charge in [-0.25, -0.2) is 13.4 Å². The second kappa shape index (κ2) is 12.2. The molecular weight excluding hydrogens is 462 g/mol. The fourth-order valence-corrected chi connectivity index (χ4v) is 6.76. The van der Waals surface area contributed by atoms with E-state index in [-0.39, 0.29) is 6.04 Å². The number of nitrogens with zero attached hydrogens (tertiary/aromatic N) is 6. The van der Waals surface area contributed by atoms with Crippen LogP contribution >= 0.6 is 11.3 Å². The van der Waals surface area contributed by atoms with Crippen LogP contribution in [0, 0.1) is 0 Å². The molecule has 3 heterocycles. The second-order valence-electron chi connectivity index (χ2n) is 8.36. The van der Waals surface area contributed by atoms with Crippen molar-refractivity contribution in [1.29, 1.82) is 0 Å². The lowest BCUT2D eigenvalue weighted by atomic mass is 10.1. The van der Waals surface area contributed by atoms with Gasteiger partial charge in [-0.05, 0) is 19.9 Å². The zero-order valence-corrected chi connectivity index (χ0v) is 21.5. The summed E-state index contributed by atoms with van der Waals surface area (Å²) in [5, 5.41) is 0.783. The predicted molar refractivity (Wildman–Crippen MR) is 133 cm³/mol. The van der Waals surface area contributed by atoms with Crippen molar-refractivity contribution in [3.05, 3.63) is 18.1 Å². The van der Waals surface area contributed by atoms with E-state index in [0.29, 0.717) is 42.7 Å². The van der Waals surface area contributed by atoms with Gasteiger partial charge in [-0.2, -0.15) is 4.31 Å². The van der Waals surface area contributed by atoms with Crippen LogP contribution in [0.1, 0.15) is 19.8 Å². The molecule has 0 saturated carbocycles. The van der Waals surface area contributed by atoms with Crippen molar-refractivity contribution in [2.45, 2.75) is 30.0 Å². The van der Waals surface area contributed by atoms with Crippen LogP contribution in [0.25, 0.3) is 0 Å². The first kappa shape index (κ1) is 26.0. The number of hydrogen-bond acceptors (Lipinski definition) is 10. The minimum atomic E-state index is -3.56. The average molecular weight is 500 g/mol. The molecule has 10 nitrogen and oxygen atoms in total. The van der Waals surface area contributed by atoms with Gasteiger partial charge in [-0.15, -0.1) is 0 Å². The number of thiazole rings is 1. The van der Waals surface area contributed by atoms with Gasteiger partial charge in [-0.1, -0.05) is 18.3 Å². The summed E-state index contributed by atoms with van der Waals surface area (Å²) in [6, 6.07) is -0.0314. The molecule has 2 saturated heterocycles. The van der Waals surface area contributed by atoms with Crippen molar-refractivity contribution >= 4 is 32.7 Å². The van der Waals surface area contributed by atoms with Crippen molar-refractivity contribution in [2.75, 3.05) is 78.0 Å². The third-order valence-electron chi connectivity index (χ3n) is 6.05. The molecule has 0 spiro atoms. The number of hydrogen-bond donors (Lipinski definition) is 1. The molecule has 1 aromatic heterocycles. The topological polar surface area (TPSA) is 108 Å². The molecule has 2 aliphatic heterocycles. The Morgan fingerprint density at radius 1 is 1.24 bits per heavy atom. The molecular formula is C21H37N7O3S2. The van der Waals surface area contributed by atoms with E-state index in [1.165, 1.54) is 17.5 Å². The number of sulfonamides is 1. The van der Waals surface area contributed by atoms with Crippen LogP contribution in [0.5, 0.6) is 0 Å². The van der Waals surface area contributed by atoms with Crippen LogP contribution in [-0.2, 0) is 14.8 Å². The Morgan fingerprint density at radius 3 is 2.58 bits per heavy atom. The SMILES string of the molecule is CCC=N/C=C(\N)C(CCOC)N1CCN(S(=O)(=O)c2cnc(N3CCN(C)CC3)s2)CC1. The van der Waals surface area contributed by atoms with Crippen molar-refractivity contribution < 1.29 is 13.2 Å². The lowest BCUT2D eigenvalue weighted by Crippen LogP contribution is -2.53. The number of rotatable bonds is 10. The van der Waals surface area contributed by atoms with Gasteiger partial charge in [0.15, 0.2) is 9.34 Å². The van der Waals surface area contributed by atoms with Gasteiger partial charge in [0, 0.05) is 84.2 Å². The van der Waals surface area contributed by atoms with Crippen molar-refractivity contribution in [1.82, 2.24) is 19.1 Å². The molecule has 1 unspecified atom stereocenters. The van der Waals surface area contributed by atoms with Crippen LogP contribution in [0.3, 0.4) is 0 Å². The molecule has 0 amide bonds. The van der Waals surface area contributed by atoms with Gasteiger partial charge in [0.25, 0.3) is 10.0 Å². The highest BCUT2D eigenvalue weighted by molar-refractivity contribution is 7.91. The Morgan fingerprint density at radius 2 is 1.94 bits per heavy atom. The van der Waals surface area contributed by atoms with Gasteiger partial charge < -0.3 is 20.3 Å². The van der Waals surface area contributed by atoms with Crippen LogP contribution in [-0.4, -0.2) is 113 Å². The molecule has 0 bridgehead atoms. The Hall–Kier alpha value is -1.57. The number of anilines is 1. The van der Waals surface area contributed by atoms with Gasteiger partial charge >= 0.3 is 0 Å². The minimum absolute atomic E-state index is 0.0314. The smallest absolute Gasteiger partial charge is 0.254 e. The number of ether oxygens (including phenoxy) is 1. The van der Waals surface area contributed by atoms with Gasteiger partial charge in [0.2, 0.25) is 0 Å². The lowest BCUT2D eigenvalue weighted by Gasteiger charge is -2.38. The molecule has 1 aromatic rings. The summed E-state index contributed by atoms with van der Waals surface area (Å²) in [5.41, 5.74) is 7.00. The highest BCUT2D eigenvalue weighted by Gasteiger charge is 2.33. The van der Waals surface area contributed by atoms with E-state index < -0.39 is 10.0 Å². The fraction of sp³-hybridized carbons (Fsp3) is 0.714. The zero-order valence-electron chi connectivity index (χ0n) is 19.9. The normalized spacial score (nSPS) is 21.2. The molecule has 186 valence electrons. The molecule has 0 aliphatic carbocycles. The van der Waals surface area contributed by atoms with Gasteiger partial charge in [0.1, 0.15) is 0 Å². The maximum absolute atomic E-state index is 13.3. The number of aliphatic imine (C=N–C) groups is 1. The molecule has 2 N–H and O–H groups in total. The molecule has 2 aliphatic rings. The van der Waals surface area contributed by atoms with E-state index >= 15 is 0 Å². The van der Waals surface area contributed by atoms with E-state index in [2.05, 4.69) is 31.7 Å². The largest absolute Gasteiger partial charge is 0.400 e. The summed E-state index contributed by atoms with van der Waals surface area (Å²) >= 11 is 1.27. The van der Waals surface area contributed by atoms with E-state index in [9.17, 15) is 8.42 Å². The molecule has 33 heavy (non-hydrogen) atoms. The monoisotopic (exact) mass is 499 g/mol. The quantitative estimate of drug-likeness (QED) is 0.473. The lowest BCUT2D eigenvalue weighted by molar-refractivity contribution is 0.116. The van der Waals surface area contributed by atoms with Gasteiger partial charge in [-0.3, -0.25) is 9.89 Å². The molecule has 2 fully saturated rings. The summed E-state index contributed by atoms with van der Waals surface area (Å²) in [7, 11) is 0.199. The first-order valence-corrected chi connectivity index (χ1v) is 13.7. The first-order valence-electron chi connectivity index (χ1n) is 11.5. The summed E-state index contributed by atoms with van der Waals surface area (Å²) < 4.78 is 33.7. The fourth-order valence-electron chi connectivity index (χ4n) is 4.02. The predicted octanol–water partition coefficient (Wildman–Crippen LogP) is 0.887. The van der Waals surface area contributed by atoms with Crippen LogP contribution in [0.4, 0.5) is 5.13 Å². The summed E-state index contributed by atoms with van der Waals surface area (Å²) in [6.45, 7) is 8.26. The standard InChI is InChI=1S/C21H37N7O3S2/c1-4-6-23-16-18(22)19(5-15-31-3)26-11-13-28(14-12-26)33(29,30)20-17-24-21(32-20)27-9-7-25(2)8-10-27/h6,16-17,19H,4-5,7-15,22H2,1-3H3/b18-16-,23-6?. The number of aromatic nitrogens is 1. The zero-order chi connectivity index (χ0) is 23.8. The Balaban J connectivity index is 1.63. The van der Waals surface area contributed by atoms with E-state index in [1.54, 1.807) is 17.6 Å². The van der Waals surface area contributed by atoms with E-state index in [0.717, 1.165) is 44.2 Å². The van der Waals surface area contributed by atoms with E-state index in [1.807, 2.05) is 13.1 Å². The van der Waals surface area contributed by atoms with Crippen LogP contribution in [0.15, 0.2) is 27.3 Å². The third kappa shape index (κ3) is 6.74. The van der Waals surface area contributed by atoms with Crippen molar-refractivity contribution in [3.63, 3.8) is 0 Å². The molecule has 0 aromatic carbocycles. The summed E-state index contributed by atoms with van der Waals surface area (Å²) in [5.74, 6) is 0. The second-order valence-corrected chi connectivity index (χ2v) is 11.5. The Kier molecular flexibility index (Phi) is 9.65. The van der Waals surface area contributed by atoms with Crippen LogP contribution < -0.4 is 10.6 Å². The number of likely N-dealkylation sites (N-methyl/N-ethyl adjacent to an activating group) is 1. The number of methoxy groups -OCH3 is 1. The van der Waals surface area contributed by atoms with Gasteiger partial charge in [0.05, 0.1) is 12.2 Å². The highest BCUT2D eigenvalue weighted by Crippen LogP contribution is 2.30. The molecule has 12 heteroatoms. The third-order valence-corrected chi connectivity index (χ3v) is 9.44. The number of piperazine rings is 2. The van der Waals surface area contributed by atoms with Crippen molar-refractivity contribution in [2.24, 2.45) is 10.7 Å². The Labute approximate surface area is 201 Å². The van der Waals surface area contributed by atoms with Crippen LogP contribution in [0.2, 0.25) is 0 Å². The molecule has 0 radical (unpaired) electrons. The minimum Gasteiger partial charge on any atom is -0.400 e. The summed E-state index contributed by atoms with van der Waals surface area (Å²) in [4.78, 5) is 15.3. The maximum Gasteiger partial charge on any atom is 0.254 e. The summed E-state index contributed by atoms with van der Waals surface area (Å²) in [6.07, 6.45) is 6.60. The highest BCUT2D eigenvalue weighted by atomic mass is 32.2. The first-order chi connectivity index (χ1) is 15.9. The number of nitrogens with two attached hydrogens (primary N) is 1. The van der Waals surface area contributed by atoms with E-state index in [4.69, 9.17) is 10.5 Å². The Bertz CT molecular complexity index is 903. The maximum atomic E-state index is 13.3.